The predicted octanol–water partition coefficient (Wildman–Crippen LogP) is -14.0. The molecule has 442 valence electrons. The predicted molar refractivity (Wildman–Crippen MR) is 236 cm³/mol. The zero-order chi connectivity index (χ0) is 56.6. The Morgan fingerprint density at radius 2 is 0.842 bits per heavy atom. The van der Waals surface area contributed by atoms with Crippen LogP contribution < -0.4 is 16.0 Å². The van der Waals surface area contributed by atoms with E-state index in [1.54, 1.807) is 0 Å². The molecule has 29 atom stereocenters. The second-order valence-corrected chi connectivity index (χ2v) is 18.8. The molecule has 0 saturated carbocycles. The van der Waals surface area contributed by atoms with Gasteiger partial charge in [0.1, 0.15) is 140 Å². The van der Waals surface area contributed by atoms with Gasteiger partial charge < -0.3 is 155 Å². The molecule has 0 spiro atoms. The topological polar surface area (TPSA) is 544 Å². The van der Waals surface area contributed by atoms with Crippen LogP contribution in [0.5, 0.6) is 0 Å². The molecule has 0 bridgehead atoms. The fraction of sp³-hybridized carbons (Fsp3) is 0.929. The van der Waals surface area contributed by atoms with Gasteiger partial charge in [0.2, 0.25) is 17.7 Å². The number of carbonyl (C=O) groups excluding carboxylic acids is 3. The molecule has 0 aromatic rings. The average molecular weight is 1120 g/mol. The van der Waals surface area contributed by atoms with E-state index in [0.29, 0.717) is 0 Å². The van der Waals surface area contributed by atoms with Crippen molar-refractivity contribution in [2.45, 2.75) is 199 Å². The van der Waals surface area contributed by atoms with E-state index in [4.69, 9.17) is 47.4 Å². The summed E-state index contributed by atoms with van der Waals surface area (Å²) in [6.45, 7) is -3.77. The van der Waals surface area contributed by atoms with Gasteiger partial charge in [0.15, 0.2) is 31.5 Å². The van der Waals surface area contributed by atoms with Gasteiger partial charge in [-0.25, -0.2) is 0 Å². The maximum absolute atomic E-state index is 12.5. The minimum Gasteiger partial charge on any atom is -0.394 e. The molecule has 34 heteroatoms. The molecule has 0 aliphatic carbocycles. The maximum atomic E-state index is 12.5. The second kappa shape index (κ2) is 28.6. The van der Waals surface area contributed by atoms with Crippen molar-refractivity contribution in [2.75, 3.05) is 46.2 Å². The highest BCUT2D eigenvalue weighted by atomic mass is 16.8. The number of aliphatic hydroxyl groups is 18. The molecular formula is C42H73N3O31. The van der Waals surface area contributed by atoms with Crippen LogP contribution in [0, 0.1) is 0 Å². The van der Waals surface area contributed by atoms with Crippen molar-refractivity contribution in [3.63, 3.8) is 0 Å². The summed E-state index contributed by atoms with van der Waals surface area (Å²) in [6.07, 6.45) is -49.5. The monoisotopic (exact) mass is 1120 g/mol. The third kappa shape index (κ3) is 14.8. The number of aliphatic hydroxyl groups excluding tert-OH is 18. The van der Waals surface area contributed by atoms with E-state index in [2.05, 4.69) is 16.0 Å². The molecule has 5 saturated heterocycles. The Morgan fingerprint density at radius 3 is 1.29 bits per heavy atom. The van der Waals surface area contributed by atoms with Crippen LogP contribution in [0.1, 0.15) is 20.8 Å². The van der Waals surface area contributed by atoms with Gasteiger partial charge in [-0.1, -0.05) is 0 Å². The van der Waals surface area contributed by atoms with Crippen LogP contribution in [0.3, 0.4) is 0 Å². The van der Waals surface area contributed by atoms with Crippen LogP contribution in [0.15, 0.2) is 0 Å². The van der Waals surface area contributed by atoms with Gasteiger partial charge in [-0.3, -0.25) is 14.4 Å². The zero-order valence-electron chi connectivity index (χ0n) is 41.0. The minimum atomic E-state index is -2.22. The van der Waals surface area contributed by atoms with E-state index in [9.17, 15) is 106 Å². The molecule has 0 aromatic carbocycles. The molecule has 5 rings (SSSR count). The molecule has 0 aromatic heterocycles. The standard InChI is InChI=1S/C42H73N3O31/c1-11(52)43-14(4-46)34(73-40-31(64)29(62)24(57)16(5-47)68-40)23(56)15(55)10-67-38-21(44-12(2)53)27(60)35(19(8-50)71-38)75-42-33(66)37(26(59)18(7-49)70-42)76-39-22(45-13(3)54)28(61)36(20(9-51)72-39)74-41-32(65)30(63)25(58)17(6-48)69-41/h14-42,46-51,55-66H,4-10H2,1-3H3,(H,43,52)(H,44,53)(H,45,54)/t14-,15+,16+,17+,18+,19+,20+,21+,22+,23-,24-,25-,26-,27+,28+,29-,30-,31+,32+,33+,34+,35+,36+,37-,38+,39-,40-,41-,42-/m0/s1. The Bertz CT molecular complexity index is 1820. The van der Waals surface area contributed by atoms with Crippen LogP contribution in [0.2, 0.25) is 0 Å². The first-order valence-electron chi connectivity index (χ1n) is 24.0. The summed E-state index contributed by atoms with van der Waals surface area (Å²) in [6, 6.07) is -5.05. The van der Waals surface area contributed by atoms with E-state index < -0.39 is 242 Å². The van der Waals surface area contributed by atoms with Gasteiger partial charge in [-0.05, 0) is 0 Å². The van der Waals surface area contributed by atoms with Crippen molar-refractivity contribution >= 4 is 17.7 Å². The molecule has 34 nitrogen and oxygen atoms in total. The molecule has 0 unspecified atom stereocenters. The second-order valence-electron chi connectivity index (χ2n) is 18.8. The first-order valence-corrected chi connectivity index (χ1v) is 24.0. The summed E-state index contributed by atoms with van der Waals surface area (Å²) in [4.78, 5) is 37.0. The molecule has 3 amide bonds. The van der Waals surface area contributed by atoms with Crippen molar-refractivity contribution in [1.82, 2.24) is 16.0 Å². The summed E-state index contributed by atoms with van der Waals surface area (Å²) in [5.74, 6) is -2.45. The number of hydrogen-bond acceptors (Lipinski definition) is 31. The summed E-state index contributed by atoms with van der Waals surface area (Å²) < 4.78 is 56.8. The molecule has 5 fully saturated rings. The number of amides is 3. The molecule has 21 N–H and O–H groups in total. The van der Waals surface area contributed by atoms with Crippen LogP contribution >= 0.6 is 0 Å². The normalized spacial score (nSPS) is 43.8. The van der Waals surface area contributed by atoms with Crippen molar-refractivity contribution < 1.29 is 154 Å². The fourth-order valence-electron chi connectivity index (χ4n) is 9.23. The number of nitrogens with one attached hydrogen (secondary N) is 3. The van der Waals surface area contributed by atoms with Crippen molar-refractivity contribution in [3.05, 3.63) is 0 Å². The van der Waals surface area contributed by atoms with E-state index >= 15 is 0 Å². The van der Waals surface area contributed by atoms with Gasteiger partial charge in [0.25, 0.3) is 0 Å². The van der Waals surface area contributed by atoms with Crippen molar-refractivity contribution in [1.29, 1.82) is 0 Å². The largest absolute Gasteiger partial charge is 0.394 e. The molecule has 5 aliphatic heterocycles. The van der Waals surface area contributed by atoms with E-state index in [-0.39, 0.29) is 0 Å². The number of hydrogen-bond donors (Lipinski definition) is 21. The van der Waals surface area contributed by atoms with Crippen LogP contribution in [0.4, 0.5) is 0 Å². The number of ether oxygens (including phenoxy) is 10. The van der Waals surface area contributed by atoms with E-state index in [1.807, 2.05) is 0 Å². The smallest absolute Gasteiger partial charge is 0.217 e. The summed E-state index contributed by atoms with van der Waals surface area (Å²) in [5.41, 5.74) is 0. The molecule has 5 heterocycles. The highest BCUT2D eigenvalue weighted by Crippen LogP contribution is 2.35. The van der Waals surface area contributed by atoms with Gasteiger partial charge in [-0.15, -0.1) is 0 Å². The Kier molecular flexibility index (Phi) is 24.1. The number of rotatable bonds is 23. The van der Waals surface area contributed by atoms with Crippen LogP contribution in [-0.4, -0.2) is 334 Å². The fourth-order valence-corrected chi connectivity index (χ4v) is 9.23. The Balaban J connectivity index is 1.33. The van der Waals surface area contributed by atoms with Crippen LogP contribution in [0.25, 0.3) is 0 Å². The van der Waals surface area contributed by atoms with Gasteiger partial charge in [0.05, 0.1) is 52.3 Å². The maximum Gasteiger partial charge on any atom is 0.217 e. The van der Waals surface area contributed by atoms with E-state index in [0.717, 1.165) is 20.8 Å². The quantitative estimate of drug-likeness (QED) is 0.0452. The highest BCUT2D eigenvalue weighted by Gasteiger charge is 2.57. The summed E-state index contributed by atoms with van der Waals surface area (Å²) in [7, 11) is 0. The average Bonchev–Trinajstić information content (AvgIpc) is 3.38. The van der Waals surface area contributed by atoms with Crippen molar-refractivity contribution in [2.24, 2.45) is 0 Å². The van der Waals surface area contributed by atoms with Gasteiger partial charge in [-0.2, -0.15) is 0 Å². The zero-order valence-corrected chi connectivity index (χ0v) is 41.0. The first-order chi connectivity index (χ1) is 35.9. The lowest BCUT2D eigenvalue weighted by atomic mass is 9.94. The molecule has 76 heavy (non-hydrogen) atoms. The Hall–Kier alpha value is -2.71. The highest BCUT2D eigenvalue weighted by molar-refractivity contribution is 5.74. The lowest BCUT2D eigenvalue weighted by Crippen LogP contribution is -2.70. The summed E-state index contributed by atoms with van der Waals surface area (Å²) in [5, 5.41) is 199. The van der Waals surface area contributed by atoms with Crippen LogP contribution in [-0.2, 0) is 61.8 Å². The molecular weight excluding hydrogens is 1040 g/mol. The third-order valence-corrected chi connectivity index (χ3v) is 13.3. The van der Waals surface area contributed by atoms with E-state index in [1.165, 1.54) is 0 Å². The Labute approximate surface area is 431 Å². The lowest BCUT2D eigenvalue weighted by molar-refractivity contribution is -0.378. The van der Waals surface area contributed by atoms with Gasteiger partial charge >= 0.3 is 0 Å². The SMILES string of the molecule is CC(=O)N[C@H]1[C@H](O[C@H]2[C@@H](O)[C@@H](CO)O[C@@H](O[C@H]3[C@H](O)[C@@H](NC(C)=O)[C@H](OC[C@@H](O)[C@H](O)[C@H](O[C@@H]4O[C@H](CO)[C@H](O)[C@H](O)[C@H]4O)[C@H](CO)NC(C)=O)O[C@@H]3CO)[C@@H]2O)O[C@H](CO)[C@@H](O[C@@H]2O[C@H](CO)[C@H](O)[C@H](O)[C@H]2O)[C@@H]1O. The summed E-state index contributed by atoms with van der Waals surface area (Å²) >= 11 is 0. The lowest BCUT2D eigenvalue weighted by Gasteiger charge is -2.50. The third-order valence-electron chi connectivity index (χ3n) is 13.3. The Morgan fingerprint density at radius 1 is 0.447 bits per heavy atom. The molecule has 5 aliphatic rings. The first kappa shape index (κ1) is 64.1. The van der Waals surface area contributed by atoms with Crippen molar-refractivity contribution in [3.8, 4) is 0 Å². The minimum absolute atomic E-state index is 0.782. The molecule has 0 radical (unpaired) electrons. The number of carbonyl (C=O) groups is 3. The van der Waals surface area contributed by atoms with Gasteiger partial charge in [0, 0.05) is 20.8 Å².